The molecule has 2 aromatic rings. The van der Waals surface area contributed by atoms with Gasteiger partial charge in [0, 0.05) is 23.7 Å². The summed E-state index contributed by atoms with van der Waals surface area (Å²) in [6, 6.07) is 12.7. The highest BCUT2D eigenvalue weighted by Gasteiger charge is 2.34. The zero-order valence-corrected chi connectivity index (χ0v) is 15.8. The number of likely N-dealkylation sites (tertiary alicyclic amines) is 1. The Labute approximate surface area is 159 Å². The maximum Gasteiger partial charge on any atom is 0.127 e. The number of aliphatic hydroxyl groups is 1. The summed E-state index contributed by atoms with van der Waals surface area (Å²) in [5, 5.41) is 10.8. The van der Waals surface area contributed by atoms with Crippen molar-refractivity contribution in [2.75, 3.05) is 26.8 Å². The third-order valence-corrected chi connectivity index (χ3v) is 5.79. The number of halogens is 2. The standard InChI is InChI=1S/C21H25ClFNO2/c1-26-18-6-7-20(23)17(12-18)14-24-10-8-21(15-25,9-11-24)13-16-4-2-3-5-19(16)22/h2-7,12,25H,8-11,13-15H2,1H3. The minimum Gasteiger partial charge on any atom is -0.497 e. The number of ether oxygens (including phenoxy) is 1. The number of hydrogen-bond donors (Lipinski definition) is 1. The van der Waals surface area contributed by atoms with E-state index in [2.05, 4.69) is 4.90 Å². The van der Waals surface area contributed by atoms with Crippen LogP contribution in [0.15, 0.2) is 42.5 Å². The van der Waals surface area contributed by atoms with E-state index in [0.717, 1.165) is 42.9 Å². The van der Waals surface area contributed by atoms with Crippen molar-refractivity contribution in [3.05, 3.63) is 64.4 Å². The Kier molecular flexibility index (Phi) is 6.17. The van der Waals surface area contributed by atoms with Crippen molar-refractivity contribution in [3.8, 4) is 5.75 Å². The van der Waals surface area contributed by atoms with Crippen molar-refractivity contribution < 1.29 is 14.2 Å². The van der Waals surface area contributed by atoms with Crippen LogP contribution in [0.5, 0.6) is 5.75 Å². The van der Waals surface area contributed by atoms with Gasteiger partial charge in [-0.05, 0) is 67.6 Å². The summed E-state index contributed by atoms with van der Waals surface area (Å²) in [6.45, 7) is 2.33. The molecule has 26 heavy (non-hydrogen) atoms. The van der Waals surface area contributed by atoms with Crippen LogP contribution in [-0.4, -0.2) is 36.8 Å². The minimum absolute atomic E-state index is 0.138. The lowest BCUT2D eigenvalue weighted by Crippen LogP contribution is -2.43. The molecule has 0 saturated carbocycles. The summed E-state index contributed by atoms with van der Waals surface area (Å²) in [5.41, 5.74) is 1.57. The summed E-state index contributed by atoms with van der Waals surface area (Å²) < 4.78 is 19.3. The zero-order chi connectivity index (χ0) is 18.6. The van der Waals surface area contributed by atoms with E-state index in [-0.39, 0.29) is 17.8 Å². The molecule has 1 aliphatic rings. The van der Waals surface area contributed by atoms with E-state index in [1.165, 1.54) is 6.07 Å². The number of methoxy groups -OCH3 is 1. The molecule has 1 fully saturated rings. The van der Waals surface area contributed by atoms with Crippen LogP contribution in [0.3, 0.4) is 0 Å². The molecular formula is C21H25ClFNO2. The topological polar surface area (TPSA) is 32.7 Å². The summed E-state index contributed by atoms with van der Waals surface area (Å²) in [6.07, 6.45) is 2.49. The second-order valence-electron chi connectivity index (χ2n) is 7.16. The number of piperidine rings is 1. The number of hydrogen-bond acceptors (Lipinski definition) is 3. The van der Waals surface area contributed by atoms with Gasteiger partial charge < -0.3 is 9.84 Å². The Morgan fingerprint density at radius 2 is 1.88 bits per heavy atom. The van der Waals surface area contributed by atoms with Gasteiger partial charge in [-0.15, -0.1) is 0 Å². The summed E-state index contributed by atoms with van der Waals surface area (Å²) in [4.78, 5) is 2.23. The van der Waals surface area contributed by atoms with Crippen molar-refractivity contribution in [2.24, 2.45) is 5.41 Å². The van der Waals surface area contributed by atoms with E-state index in [1.54, 1.807) is 19.2 Å². The molecule has 0 atom stereocenters. The van der Waals surface area contributed by atoms with Crippen molar-refractivity contribution >= 4 is 11.6 Å². The molecule has 140 valence electrons. The summed E-state index contributed by atoms with van der Waals surface area (Å²) in [7, 11) is 1.59. The Hall–Kier alpha value is -1.62. The Balaban J connectivity index is 1.65. The van der Waals surface area contributed by atoms with Crippen molar-refractivity contribution in [3.63, 3.8) is 0 Å². The van der Waals surface area contributed by atoms with Gasteiger partial charge in [0.1, 0.15) is 11.6 Å². The van der Waals surface area contributed by atoms with E-state index in [9.17, 15) is 9.50 Å². The predicted molar refractivity (Wildman–Crippen MR) is 102 cm³/mol. The Bertz CT molecular complexity index is 745. The third kappa shape index (κ3) is 4.37. The van der Waals surface area contributed by atoms with Crippen LogP contribution in [0.1, 0.15) is 24.0 Å². The molecule has 5 heteroatoms. The lowest BCUT2D eigenvalue weighted by molar-refractivity contribution is 0.0410. The van der Waals surface area contributed by atoms with E-state index in [1.807, 2.05) is 24.3 Å². The summed E-state index contributed by atoms with van der Waals surface area (Å²) >= 11 is 6.30. The molecule has 2 aromatic carbocycles. The van der Waals surface area contributed by atoms with Crippen LogP contribution in [0.2, 0.25) is 5.02 Å². The fourth-order valence-electron chi connectivity index (χ4n) is 3.66. The zero-order valence-electron chi connectivity index (χ0n) is 15.0. The largest absolute Gasteiger partial charge is 0.497 e. The normalized spacial score (nSPS) is 17.2. The van der Waals surface area contributed by atoms with Gasteiger partial charge in [0.05, 0.1) is 7.11 Å². The molecule has 0 aromatic heterocycles. The molecule has 0 spiro atoms. The second-order valence-corrected chi connectivity index (χ2v) is 7.57. The minimum atomic E-state index is -0.208. The first-order valence-corrected chi connectivity index (χ1v) is 9.32. The molecular weight excluding hydrogens is 353 g/mol. The SMILES string of the molecule is COc1ccc(F)c(CN2CCC(CO)(Cc3ccccc3Cl)CC2)c1. The third-order valence-electron chi connectivity index (χ3n) is 5.42. The maximum atomic E-state index is 14.1. The van der Waals surface area contributed by atoms with Crippen LogP contribution < -0.4 is 4.74 Å². The fraction of sp³-hybridized carbons (Fsp3) is 0.429. The molecule has 3 nitrogen and oxygen atoms in total. The summed E-state index contributed by atoms with van der Waals surface area (Å²) in [5.74, 6) is 0.461. The van der Waals surface area contributed by atoms with Crippen LogP contribution in [0.4, 0.5) is 4.39 Å². The predicted octanol–water partition coefficient (Wildman–Crippen LogP) is 4.30. The number of rotatable bonds is 6. The average Bonchev–Trinajstić information content (AvgIpc) is 2.67. The lowest BCUT2D eigenvalue weighted by atomic mass is 9.74. The lowest BCUT2D eigenvalue weighted by Gasteiger charge is -2.41. The van der Waals surface area contributed by atoms with Gasteiger partial charge in [-0.2, -0.15) is 0 Å². The van der Waals surface area contributed by atoms with Gasteiger partial charge in [-0.3, -0.25) is 4.90 Å². The fourth-order valence-corrected chi connectivity index (χ4v) is 3.86. The van der Waals surface area contributed by atoms with Gasteiger partial charge >= 0.3 is 0 Å². The van der Waals surface area contributed by atoms with Crippen LogP contribution in [0.25, 0.3) is 0 Å². The van der Waals surface area contributed by atoms with Gasteiger partial charge in [-0.1, -0.05) is 29.8 Å². The van der Waals surface area contributed by atoms with Crippen molar-refractivity contribution in [1.82, 2.24) is 4.90 Å². The highest BCUT2D eigenvalue weighted by molar-refractivity contribution is 6.31. The van der Waals surface area contributed by atoms with E-state index < -0.39 is 0 Å². The smallest absolute Gasteiger partial charge is 0.127 e. The van der Waals surface area contributed by atoms with Crippen molar-refractivity contribution in [2.45, 2.75) is 25.8 Å². The molecule has 0 radical (unpaired) electrons. The quantitative estimate of drug-likeness (QED) is 0.814. The van der Waals surface area contributed by atoms with Crippen LogP contribution >= 0.6 is 11.6 Å². The first-order valence-electron chi connectivity index (χ1n) is 8.94. The number of nitrogens with zero attached hydrogens (tertiary/aromatic N) is 1. The maximum absolute atomic E-state index is 14.1. The number of aliphatic hydroxyl groups excluding tert-OH is 1. The Morgan fingerprint density at radius 3 is 2.54 bits per heavy atom. The molecule has 0 bridgehead atoms. The highest BCUT2D eigenvalue weighted by atomic mass is 35.5. The van der Waals surface area contributed by atoms with Gasteiger partial charge in [-0.25, -0.2) is 4.39 Å². The molecule has 0 amide bonds. The van der Waals surface area contributed by atoms with Crippen LogP contribution in [0, 0.1) is 11.2 Å². The van der Waals surface area contributed by atoms with Gasteiger partial charge in [0.2, 0.25) is 0 Å². The second kappa shape index (κ2) is 8.38. The molecule has 1 aliphatic heterocycles. The molecule has 1 saturated heterocycles. The first kappa shape index (κ1) is 19.2. The number of benzene rings is 2. The monoisotopic (exact) mass is 377 g/mol. The highest BCUT2D eigenvalue weighted by Crippen LogP contribution is 2.37. The Morgan fingerprint density at radius 1 is 1.15 bits per heavy atom. The first-order chi connectivity index (χ1) is 12.5. The van der Waals surface area contributed by atoms with Crippen molar-refractivity contribution in [1.29, 1.82) is 0 Å². The average molecular weight is 378 g/mol. The molecule has 3 rings (SSSR count). The van der Waals surface area contributed by atoms with E-state index >= 15 is 0 Å². The molecule has 0 unspecified atom stereocenters. The van der Waals surface area contributed by atoms with Gasteiger partial charge in [0.25, 0.3) is 0 Å². The van der Waals surface area contributed by atoms with Gasteiger partial charge in [0.15, 0.2) is 0 Å². The van der Waals surface area contributed by atoms with E-state index in [4.69, 9.17) is 16.3 Å². The molecule has 1 heterocycles. The molecule has 0 aliphatic carbocycles. The van der Waals surface area contributed by atoms with E-state index in [0.29, 0.717) is 17.9 Å². The van der Waals surface area contributed by atoms with Crippen LogP contribution in [-0.2, 0) is 13.0 Å². The molecule has 1 N–H and O–H groups in total.